The smallest absolute Gasteiger partial charge is 0.277 e. The van der Waals surface area contributed by atoms with Gasteiger partial charge in [0, 0.05) is 27.8 Å². The maximum absolute atomic E-state index is 12.5. The minimum atomic E-state index is -0.422. The Morgan fingerprint density at radius 2 is 2.07 bits per heavy atom. The van der Waals surface area contributed by atoms with E-state index in [4.69, 9.17) is 16.0 Å². The molecule has 0 fully saturated rings. The molecule has 4 aromatic rings. The summed E-state index contributed by atoms with van der Waals surface area (Å²) in [6.45, 7) is 3.70. The molecule has 0 aliphatic heterocycles. The fourth-order valence-corrected chi connectivity index (χ4v) is 3.64. The standard InChI is InChI=1S/C20H17ClN4O2S/c1-11-7-8-13(21)9-17(11)23-18(26)12(2)28-20-25-24-19(27-20)15-10-22-16-6-4-3-5-14(15)16/h3-10,12,22H,1-2H3,(H,23,26)/t12-/m0/s1. The molecule has 0 saturated heterocycles. The van der Waals surface area contributed by atoms with Gasteiger partial charge in [-0.15, -0.1) is 10.2 Å². The fraction of sp³-hybridized carbons (Fsp3) is 0.150. The molecular weight excluding hydrogens is 396 g/mol. The summed E-state index contributed by atoms with van der Waals surface area (Å²) < 4.78 is 5.77. The second kappa shape index (κ2) is 7.69. The molecule has 1 atom stereocenters. The van der Waals surface area contributed by atoms with Crippen molar-refractivity contribution in [1.29, 1.82) is 0 Å². The van der Waals surface area contributed by atoms with Gasteiger partial charge in [0.1, 0.15) is 0 Å². The Balaban J connectivity index is 1.47. The lowest BCUT2D eigenvalue weighted by Crippen LogP contribution is -2.22. The first kappa shape index (κ1) is 18.6. The molecule has 0 aliphatic carbocycles. The van der Waals surface area contributed by atoms with E-state index in [1.54, 1.807) is 19.1 Å². The van der Waals surface area contributed by atoms with Crippen molar-refractivity contribution in [3.05, 3.63) is 59.2 Å². The van der Waals surface area contributed by atoms with Crippen molar-refractivity contribution in [3.63, 3.8) is 0 Å². The van der Waals surface area contributed by atoms with Crippen LogP contribution in [0.5, 0.6) is 0 Å². The number of rotatable bonds is 5. The molecule has 0 unspecified atom stereocenters. The third-order valence-electron chi connectivity index (χ3n) is 4.33. The number of nitrogens with one attached hydrogen (secondary N) is 2. The minimum absolute atomic E-state index is 0.165. The maximum Gasteiger partial charge on any atom is 0.277 e. The molecule has 4 rings (SSSR count). The number of halogens is 1. The highest BCUT2D eigenvalue weighted by molar-refractivity contribution is 8.00. The first-order chi connectivity index (χ1) is 13.5. The normalized spacial score (nSPS) is 12.2. The van der Waals surface area contributed by atoms with Crippen LogP contribution in [-0.4, -0.2) is 26.3 Å². The van der Waals surface area contributed by atoms with Gasteiger partial charge in [-0.2, -0.15) is 0 Å². The topological polar surface area (TPSA) is 83.8 Å². The molecule has 1 amide bonds. The number of benzene rings is 2. The number of para-hydroxylation sites is 1. The van der Waals surface area contributed by atoms with Crippen LogP contribution in [0, 0.1) is 6.92 Å². The summed E-state index contributed by atoms with van der Waals surface area (Å²) in [4.78, 5) is 15.7. The van der Waals surface area contributed by atoms with E-state index in [1.807, 2.05) is 43.5 Å². The average molecular weight is 413 g/mol. The lowest BCUT2D eigenvalue weighted by molar-refractivity contribution is -0.115. The minimum Gasteiger partial charge on any atom is -0.411 e. The molecule has 0 aliphatic rings. The second-order valence-electron chi connectivity index (χ2n) is 6.33. The first-order valence-electron chi connectivity index (χ1n) is 8.65. The number of anilines is 1. The summed E-state index contributed by atoms with van der Waals surface area (Å²) in [7, 11) is 0. The lowest BCUT2D eigenvalue weighted by Gasteiger charge is -2.12. The Hall–Kier alpha value is -2.77. The van der Waals surface area contributed by atoms with Crippen LogP contribution < -0.4 is 5.32 Å². The summed E-state index contributed by atoms with van der Waals surface area (Å²) >= 11 is 7.22. The Labute approximate surface area is 170 Å². The van der Waals surface area contributed by atoms with E-state index in [1.165, 1.54) is 11.8 Å². The number of aromatic nitrogens is 3. The van der Waals surface area contributed by atoms with E-state index in [9.17, 15) is 4.79 Å². The third-order valence-corrected chi connectivity index (χ3v) is 5.50. The zero-order chi connectivity index (χ0) is 19.7. The maximum atomic E-state index is 12.5. The molecule has 2 N–H and O–H groups in total. The number of carbonyl (C=O) groups is 1. The highest BCUT2D eigenvalue weighted by Gasteiger charge is 2.20. The van der Waals surface area contributed by atoms with Gasteiger partial charge in [0.25, 0.3) is 11.1 Å². The number of nitrogens with zero attached hydrogens (tertiary/aromatic N) is 2. The van der Waals surface area contributed by atoms with Gasteiger partial charge in [-0.05, 0) is 37.6 Å². The molecule has 0 bridgehead atoms. The Morgan fingerprint density at radius 3 is 2.93 bits per heavy atom. The van der Waals surface area contributed by atoms with E-state index in [0.29, 0.717) is 21.8 Å². The first-order valence-corrected chi connectivity index (χ1v) is 9.90. The summed E-state index contributed by atoms with van der Waals surface area (Å²) in [6, 6.07) is 13.3. The summed E-state index contributed by atoms with van der Waals surface area (Å²) in [5.74, 6) is 0.250. The van der Waals surface area contributed by atoms with Gasteiger partial charge in [-0.25, -0.2) is 0 Å². The van der Waals surface area contributed by atoms with Crippen molar-refractivity contribution in [2.24, 2.45) is 0 Å². The molecule has 0 radical (unpaired) electrons. The van der Waals surface area contributed by atoms with Crippen LogP contribution in [0.2, 0.25) is 5.02 Å². The summed E-state index contributed by atoms with van der Waals surface area (Å²) in [5, 5.41) is 12.6. The van der Waals surface area contributed by atoms with E-state index >= 15 is 0 Å². The number of aryl methyl sites for hydroxylation is 1. The molecule has 2 aromatic carbocycles. The molecule has 6 nitrogen and oxygen atoms in total. The Morgan fingerprint density at radius 1 is 1.25 bits per heavy atom. The van der Waals surface area contributed by atoms with Crippen molar-refractivity contribution < 1.29 is 9.21 Å². The zero-order valence-electron chi connectivity index (χ0n) is 15.2. The zero-order valence-corrected chi connectivity index (χ0v) is 16.8. The van der Waals surface area contributed by atoms with Crippen LogP contribution in [-0.2, 0) is 4.79 Å². The van der Waals surface area contributed by atoms with Crippen LogP contribution in [0.25, 0.3) is 22.4 Å². The predicted molar refractivity (Wildman–Crippen MR) is 112 cm³/mol. The van der Waals surface area contributed by atoms with Gasteiger partial charge >= 0.3 is 0 Å². The third kappa shape index (κ3) is 3.76. The Bertz CT molecular complexity index is 1150. The monoisotopic (exact) mass is 412 g/mol. The molecular formula is C20H17ClN4O2S. The average Bonchev–Trinajstić information content (AvgIpc) is 3.31. The van der Waals surface area contributed by atoms with E-state index in [2.05, 4.69) is 20.5 Å². The largest absolute Gasteiger partial charge is 0.411 e. The van der Waals surface area contributed by atoms with E-state index in [0.717, 1.165) is 22.0 Å². The van der Waals surface area contributed by atoms with Crippen LogP contribution in [0.4, 0.5) is 5.69 Å². The summed E-state index contributed by atoms with van der Waals surface area (Å²) in [5.41, 5.74) is 3.46. The van der Waals surface area contributed by atoms with Crippen molar-refractivity contribution >= 4 is 45.9 Å². The fourth-order valence-electron chi connectivity index (χ4n) is 2.78. The number of carbonyl (C=O) groups excluding carboxylic acids is 1. The molecule has 2 heterocycles. The van der Waals surface area contributed by atoms with Gasteiger partial charge in [0.05, 0.1) is 10.8 Å². The molecule has 0 saturated carbocycles. The number of amides is 1. The van der Waals surface area contributed by atoms with Gasteiger partial charge in [-0.1, -0.05) is 47.6 Å². The van der Waals surface area contributed by atoms with Crippen LogP contribution >= 0.6 is 23.4 Å². The second-order valence-corrected chi connectivity index (χ2v) is 8.06. The molecule has 2 aromatic heterocycles. The molecule has 28 heavy (non-hydrogen) atoms. The molecule has 8 heteroatoms. The van der Waals surface area contributed by atoms with Gasteiger partial charge in [-0.3, -0.25) is 4.79 Å². The van der Waals surface area contributed by atoms with Crippen LogP contribution in [0.3, 0.4) is 0 Å². The quantitative estimate of drug-likeness (QED) is 0.434. The highest BCUT2D eigenvalue weighted by atomic mass is 35.5. The number of aromatic amines is 1. The Kier molecular flexibility index (Phi) is 5.11. The number of hydrogen-bond donors (Lipinski definition) is 2. The van der Waals surface area contributed by atoms with Gasteiger partial charge in [0.2, 0.25) is 5.91 Å². The summed E-state index contributed by atoms with van der Waals surface area (Å²) in [6.07, 6.45) is 1.84. The van der Waals surface area contributed by atoms with E-state index in [-0.39, 0.29) is 5.91 Å². The number of hydrogen-bond acceptors (Lipinski definition) is 5. The van der Waals surface area contributed by atoms with Crippen molar-refractivity contribution in [3.8, 4) is 11.5 Å². The van der Waals surface area contributed by atoms with Gasteiger partial charge < -0.3 is 14.7 Å². The van der Waals surface area contributed by atoms with Crippen molar-refractivity contribution in [2.75, 3.05) is 5.32 Å². The number of fused-ring (bicyclic) bond motifs is 1. The van der Waals surface area contributed by atoms with Crippen molar-refractivity contribution in [2.45, 2.75) is 24.3 Å². The molecule has 142 valence electrons. The number of thioether (sulfide) groups is 1. The van der Waals surface area contributed by atoms with Crippen LogP contribution in [0.1, 0.15) is 12.5 Å². The van der Waals surface area contributed by atoms with Crippen molar-refractivity contribution in [1.82, 2.24) is 15.2 Å². The molecule has 0 spiro atoms. The predicted octanol–water partition coefficient (Wildman–Crippen LogP) is 5.30. The highest BCUT2D eigenvalue weighted by Crippen LogP contribution is 2.31. The van der Waals surface area contributed by atoms with Crippen LogP contribution in [0.15, 0.2) is 58.3 Å². The SMILES string of the molecule is Cc1ccc(Cl)cc1NC(=O)[C@H](C)Sc1nnc(-c2c[nH]c3ccccc23)o1. The van der Waals surface area contributed by atoms with E-state index < -0.39 is 5.25 Å². The van der Waals surface area contributed by atoms with Gasteiger partial charge in [0.15, 0.2) is 0 Å². The number of H-pyrrole nitrogens is 1. The lowest BCUT2D eigenvalue weighted by atomic mass is 10.2.